The Bertz CT molecular complexity index is 1420. The number of aliphatic hydroxyl groups is 2. The van der Waals surface area contributed by atoms with E-state index in [0.29, 0.717) is 34.6 Å². The molecule has 1 aliphatic carbocycles. The van der Waals surface area contributed by atoms with Crippen molar-refractivity contribution < 1.29 is 38.4 Å². The number of amides is 2. The van der Waals surface area contributed by atoms with E-state index in [0.717, 1.165) is 16.4 Å². The van der Waals surface area contributed by atoms with Crippen molar-refractivity contribution in [2.75, 3.05) is 33.4 Å². The van der Waals surface area contributed by atoms with Gasteiger partial charge in [0.05, 0.1) is 29.4 Å². The summed E-state index contributed by atoms with van der Waals surface area (Å²) < 4.78 is 24.3. The van der Waals surface area contributed by atoms with Gasteiger partial charge < -0.3 is 39.1 Å². The average Bonchev–Trinajstić information content (AvgIpc) is 3.66. The molecule has 10 nitrogen and oxygen atoms in total. The van der Waals surface area contributed by atoms with Crippen molar-refractivity contribution in [1.29, 1.82) is 0 Å². The van der Waals surface area contributed by atoms with Crippen molar-refractivity contribution in [2.45, 2.75) is 43.6 Å². The minimum atomic E-state index is -1.16. The standard InChI is InChI=1S/C30H33IN2O8/c1-38-24-10-4-6-18-15-26(41-28(18)24)30(37)33(17-20-7-5-13-39-20)22-14-19(29(36)32-11-12-34)16-25(27(22)35)40-23-9-3-2-8-21(23)31/h2-4,6,8-10,15-16,20,22,25,27,34-35H,5,7,11-14,17H2,1H3,(H,32,36)/t20-,22-,25+,27+/m1/s1. The molecule has 0 unspecified atom stereocenters. The van der Waals surface area contributed by atoms with E-state index in [2.05, 4.69) is 27.9 Å². The molecule has 3 N–H and O–H groups in total. The Morgan fingerprint density at radius 1 is 1.17 bits per heavy atom. The number of nitrogens with zero attached hydrogens (tertiary/aromatic N) is 1. The number of hydrogen-bond acceptors (Lipinski definition) is 8. The molecular formula is C30H33IN2O8. The van der Waals surface area contributed by atoms with E-state index < -0.39 is 30.1 Å². The summed E-state index contributed by atoms with van der Waals surface area (Å²) in [7, 11) is 1.53. The van der Waals surface area contributed by atoms with E-state index in [1.165, 1.54) is 7.11 Å². The lowest BCUT2D eigenvalue weighted by Crippen LogP contribution is -2.56. The van der Waals surface area contributed by atoms with Gasteiger partial charge >= 0.3 is 0 Å². The van der Waals surface area contributed by atoms with Gasteiger partial charge in [0.2, 0.25) is 5.91 Å². The van der Waals surface area contributed by atoms with Crippen LogP contribution < -0.4 is 14.8 Å². The molecule has 2 aliphatic rings. The van der Waals surface area contributed by atoms with Crippen LogP contribution in [0.3, 0.4) is 0 Å². The number of ether oxygens (including phenoxy) is 3. The number of aliphatic hydroxyl groups excluding tert-OH is 2. The van der Waals surface area contributed by atoms with Crippen LogP contribution >= 0.6 is 22.6 Å². The maximum Gasteiger partial charge on any atom is 0.290 e. The van der Waals surface area contributed by atoms with Crippen molar-refractivity contribution in [2.24, 2.45) is 0 Å². The number of furan rings is 1. The van der Waals surface area contributed by atoms with Crippen LogP contribution in [0.2, 0.25) is 0 Å². The topological polar surface area (TPSA) is 131 Å². The number of benzene rings is 2. The largest absolute Gasteiger partial charge is 0.493 e. The molecule has 1 aliphatic heterocycles. The second-order valence-corrected chi connectivity index (χ2v) is 11.2. The molecule has 3 aromatic rings. The molecule has 11 heteroatoms. The maximum absolute atomic E-state index is 14.1. The zero-order valence-electron chi connectivity index (χ0n) is 22.6. The summed E-state index contributed by atoms with van der Waals surface area (Å²) in [5.74, 6) is 0.302. The van der Waals surface area contributed by atoms with E-state index in [1.807, 2.05) is 30.3 Å². The molecule has 5 rings (SSSR count). The number of rotatable bonds is 10. The van der Waals surface area contributed by atoms with Crippen molar-refractivity contribution in [3.05, 3.63) is 69.5 Å². The number of carbonyl (C=O) groups is 2. The number of methoxy groups -OCH3 is 1. The van der Waals surface area contributed by atoms with Crippen LogP contribution in [0.4, 0.5) is 0 Å². The van der Waals surface area contributed by atoms with Gasteiger partial charge in [-0.2, -0.15) is 0 Å². The summed E-state index contributed by atoms with van der Waals surface area (Å²) in [5, 5.41) is 24.3. The Morgan fingerprint density at radius 3 is 2.71 bits per heavy atom. The molecular weight excluding hydrogens is 643 g/mol. The molecule has 41 heavy (non-hydrogen) atoms. The zero-order valence-corrected chi connectivity index (χ0v) is 24.8. The number of halogens is 1. The normalized spacial score (nSPS) is 22.3. The molecule has 1 fully saturated rings. The smallest absolute Gasteiger partial charge is 0.290 e. The highest BCUT2D eigenvalue weighted by molar-refractivity contribution is 14.1. The second-order valence-electron chi connectivity index (χ2n) is 10.0. The highest BCUT2D eigenvalue weighted by atomic mass is 127. The molecule has 2 heterocycles. The summed E-state index contributed by atoms with van der Waals surface area (Å²) in [6, 6.07) is 13.6. The summed E-state index contributed by atoms with van der Waals surface area (Å²) in [4.78, 5) is 28.8. The molecule has 1 saturated heterocycles. The van der Waals surface area contributed by atoms with Gasteiger partial charge in [-0.05, 0) is 65.8 Å². The third-order valence-corrected chi connectivity index (χ3v) is 8.23. The lowest BCUT2D eigenvalue weighted by atomic mass is 9.87. The van der Waals surface area contributed by atoms with E-state index >= 15 is 0 Å². The van der Waals surface area contributed by atoms with Gasteiger partial charge in [0.1, 0.15) is 18.0 Å². The quantitative estimate of drug-likeness (QED) is 0.279. The van der Waals surface area contributed by atoms with Crippen LogP contribution in [0.15, 0.2) is 64.6 Å². The highest BCUT2D eigenvalue weighted by Gasteiger charge is 2.42. The first-order valence-corrected chi connectivity index (χ1v) is 14.7. The summed E-state index contributed by atoms with van der Waals surface area (Å²) in [6.07, 6.45) is 0.998. The Labute approximate surface area is 251 Å². The van der Waals surface area contributed by atoms with E-state index in [9.17, 15) is 19.8 Å². The molecule has 2 aromatic carbocycles. The fourth-order valence-electron chi connectivity index (χ4n) is 5.29. The van der Waals surface area contributed by atoms with Crippen LogP contribution in [0.25, 0.3) is 11.0 Å². The van der Waals surface area contributed by atoms with Gasteiger partial charge in [0, 0.05) is 37.1 Å². The fourth-order valence-corrected chi connectivity index (χ4v) is 5.80. The third kappa shape index (κ3) is 6.53. The first-order valence-electron chi connectivity index (χ1n) is 13.6. The highest BCUT2D eigenvalue weighted by Crippen LogP contribution is 2.33. The first-order chi connectivity index (χ1) is 19.9. The van der Waals surface area contributed by atoms with Crippen LogP contribution in [0.5, 0.6) is 11.5 Å². The number of fused-ring (bicyclic) bond motifs is 1. The summed E-state index contributed by atoms with van der Waals surface area (Å²) >= 11 is 2.14. The second kappa shape index (κ2) is 13.2. The zero-order chi connectivity index (χ0) is 28.9. The Hall–Kier alpha value is -3.13. The number of carbonyl (C=O) groups excluding carboxylic acids is 2. The number of hydrogen-bond donors (Lipinski definition) is 3. The molecule has 1 aromatic heterocycles. The molecule has 0 radical (unpaired) electrons. The van der Waals surface area contributed by atoms with Crippen LogP contribution in [-0.2, 0) is 9.53 Å². The van der Waals surface area contributed by atoms with Crippen molar-refractivity contribution in [3.8, 4) is 11.5 Å². The SMILES string of the molecule is COc1cccc2cc(C(=O)N(C[C@H]3CCCO3)[C@@H]3CC(C(=O)NCCO)=C[C@H](Oc4ccccc4I)[C@H]3O)oc12. The van der Waals surface area contributed by atoms with Crippen LogP contribution in [-0.4, -0.2) is 84.7 Å². The van der Waals surface area contributed by atoms with E-state index in [-0.39, 0.29) is 38.0 Å². The molecule has 0 saturated carbocycles. The minimum Gasteiger partial charge on any atom is -0.493 e. The number of nitrogens with one attached hydrogen (secondary N) is 1. The molecule has 2 amide bonds. The van der Waals surface area contributed by atoms with Crippen molar-refractivity contribution in [3.63, 3.8) is 0 Å². The molecule has 0 spiro atoms. The van der Waals surface area contributed by atoms with Crippen LogP contribution in [0, 0.1) is 3.57 Å². The van der Waals surface area contributed by atoms with Gasteiger partial charge in [0.15, 0.2) is 17.1 Å². The predicted octanol–water partition coefficient (Wildman–Crippen LogP) is 3.28. The van der Waals surface area contributed by atoms with Crippen LogP contribution in [0.1, 0.15) is 29.8 Å². The monoisotopic (exact) mass is 676 g/mol. The van der Waals surface area contributed by atoms with Gasteiger partial charge in [0.25, 0.3) is 5.91 Å². The molecule has 218 valence electrons. The molecule has 4 atom stereocenters. The predicted molar refractivity (Wildman–Crippen MR) is 159 cm³/mol. The summed E-state index contributed by atoms with van der Waals surface area (Å²) in [6.45, 7) is 0.655. The lowest BCUT2D eigenvalue weighted by molar-refractivity contribution is -0.118. The van der Waals surface area contributed by atoms with Gasteiger partial charge in [-0.25, -0.2) is 0 Å². The lowest BCUT2D eigenvalue weighted by Gasteiger charge is -2.41. The number of para-hydroxylation sites is 2. The molecule has 0 bridgehead atoms. The van der Waals surface area contributed by atoms with E-state index in [1.54, 1.807) is 29.2 Å². The fraction of sp³-hybridized carbons (Fsp3) is 0.400. The first kappa shape index (κ1) is 29.4. The Morgan fingerprint density at radius 2 is 1.98 bits per heavy atom. The Kier molecular flexibility index (Phi) is 9.48. The van der Waals surface area contributed by atoms with Gasteiger partial charge in [-0.15, -0.1) is 0 Å². The average molecular weight is 677 g/mol. The van der Waals surface area contributed by atoms with Gasteiger partial charge in [-0.3, -0.25) is 9.59 Å². The maximum atomic E-state index is 14.1. The Balaban J connectivity index is 1.51. The van der Waals surface area contributed by atoms with E-state index in [4.69, 9.17) is 18.6 Å². The van der Waals surface area contributed by atoms with Crippen molar-refractivity contribution in [1.82, 2.24) is 10.2 Å². The minimum absolute atomic E-state index is 0.0743. The van der Waals surface area contributed by atoms with Gasteiger partial charge in [-0.1, -0.05) is 24.3 Å². The third-order valence-electron chi connectivity index (χ3n) is 7.34. The summed E-state index contributed by atoms with van der Waals surface area (Å²) in [5.41, 5.74) is 0.796. The van der Waals surface area contributed by atoms with Crippen molar-refractivity contribution >= 4 is 45.4 Å².